The third kappa shape index (κ3) is 6.33. The van der Waals surface area contributed by atoms with Gasteiger partial charge in [-0.2, -0.15) is 5.10 Å². The Kier molecular flexibility index (Phi) is 8.02. The molecule has 10 heteroatoms. The Bertz CT molecular complexity index is 1460. The average Bonchev–Trinajstić information content (AvgIpc) is 3.34. The molecule has 0 aliphatic rings. The highest BCUT2D eigenvalue weighted by Crippen LogP contribution is 2.30. The second kappa shape index (κ2) is 11.4. The van der Waals surface area contributed by atoms with E-state index in [1.54, 1.807) is 19.1 Å². The second-order valence-electron chi connectivity index (χ2n) is 9.63. The molecule has 0 bridgehead atoms. The highest BCUT2D eigenvalue weighted by Gasteiger charge is 2.19. The summed E-state index contributed by atoms with van der Waals surface area (Å²) in [7, 11) is 0. The van der Waals surface area contributed by atoms with Crippen LogP contribution in [0.5, 0.6) is 0 Å². The van der Waals surface area contributed by atoms with Gasteiger partial charge < -0.3 is 0 Å². The summed E-state index contributed by atoms with van der Waals surface area (Å²) in [5.74, 6) is 0.451. The first kappa shape index (κ1) is 26.7. The number of non-ortho nitro benzene ring substituents is 1. The van der Waals surface area contributed by atoms with Gasteiger partial charge in [-0.3, -0.25) is 19.5 Å². The van der Waals surface area contributed by atoms with Crippen molar-refractivity contribution in [3.8, 4) is 17.1 Å². The lowest BCUT2D eigenvalue weighted by Crippen LogP contribution is -2.21. The maximum Gasteiger partial charge on any atom is 0.269 e. The number of nitro benzene ring substituents is 1. The number of carbonyl (C=O) groups excluding carboxylic acids is 1. The molecule has 0 aliphatic heterocycles. The van der Waals surface area contributed by atoms with Gasteiger partial charge in [-0.05, 0) is 47.7 Å². The molecule has 194 valence electrons. The number of nitrogens with one attached hydrogen (secondary N) is 1. The van der Waals surface area contributed by atoms with Crippen LogP contribution in [0.15, 0.2) is 89.1 Å². The number of para-hydroxylation sites is 1. The van der Waals surface area contributed by atoms with Gasteiger partial charge in [-0.15, -0.1) is 10.2 Å². The van der Waals surface area contributed by atoms with Gasteiger partial charge >= 0.3 is 0 Å². The van der Waals surface area contributed by atoms with Crippen molar-refractivity contribution in [3.05, 3.63) is 100 Å². The van der Waals surface area contributed by atoms with Crippen LogP contribution in [0.4, 0.5) is 5.69 Å². The molecule has 0 fully saturated rings. The molecule has 0 saturated carbocycles. The number of amides is 1. The number of nitrogens with zero attached hydrogens (tertiary/aromatic N) is 5. The highest BCUT2D eigenvalue weighted by atomic mass is 32.2. The monoisotopic (exact) mass is 528 g/mol. The maximum absolute atomic E-state index is 12.6. The van der Waals surface area contributed by atoms with E-state index in [1.807, 2.05) is 47.0 Å². The quantitative estimate of drug-likeness (QED) is 0.134. The summed E-state index contributed by atoms with van der Waals surface area (Å²) in [5.41, 5.74) is 6.83. The predicted molar refractivity (Wildman–Crippen MR) is 150 cm³/mol. The number of carbonyl (C=O) groups is 1. The van der Waals surface area contributed by atoms with Crippen LogP contribution in [0.2, 0.25) is 0 Å². The van der Waals surface area contributed by atoms with Crippen molar-refractivity contribution >= 4 is 29.1 Å². The van der Waals surface area contributed by atoms with Crippen molar-refractivity contribution in [2.24, 2.45) is 5.10 Å². The molecule has 4 aromatic rings. The minimum absolute atomic E-state index is 0.00553. The molecule has 1 aromatic heterocycles. The summed E-state index contributed by atoms with van der Waals surface area (Å²) in [4.78, 5) is 22.9. The van der Waals surface area contributed by atoms with Crippen LogP contribution in [0.25, 0.3) is 17.1 Å². The molecule has 3 aromatic carbocycles. The Labute approximate surface area is 225 Å². The van der Waals surface area contributed by atoms with E-state index in [0.29, 0.717) is 22.3 Å². The van der Waals surface area contributed by atoms with Crippen molar-refractivity contribution in [3.63, 3.8) is 0 Å². The summed E-state index contributed by atoms with van der Waals surface area (Å²) in [6, 6.07) is 24.0. The van der Waals surface area contributed by atoms with Crippen molar-refractivity contribution in [2.75, 3.05) is 5.75 Å². The van der Waals surface area contributed by atoms with E-state index in [0.717, 1.165) is 11.3 Å². The molecule has 0 aliphatic carbocycles. The van der Waals surface area contributed by atoms with Crippen LogP contribution in [0.1, 0.15) is 38.8 Å². The topological polar surface area (TPSA) is 115 Å². The molecule has 4 rings (SSSR count). The number of thioether (sulfide) groups is 1. The Morgan fingerprint density at radius 3 is 2.26 bits per heavy atom. The normalized spacial score (nSPS) is 11.8. The molecule has 0 saturated heterocycles. The number of rotatable bonds is 8. The molecule has 0 radical (unpaired) electrons. The zero-order chi connectivity index (χ0) is 27.3. The lowest BCUT2D eigenvalue weighted by atomic mass is 9.87. The van der Waals surface area contributed by atoms with Gasteiger partial charge in [0.1, 0.15) is 0 Å². The smallest absolute Gasteiger partial charge is 0.269 e. The predicted octanol–water partition coefficient (Wildman–Crippen LogP) is 5.77. The summed E-state index contributed by atoms with van der Waals surface area (Å²) >= 11 is 1.26. The summed E-state index contributed by atoms with van der Waals surface area (Å²) in [6.45, 7) is 8.24. The van der Waals surface area contributed by atoms with Crippen molar-refractivity contribution in [1.82, 2.24) is 20.2 Å². The zero-order valence-corrected chi connectivity index (χ0v) is 22.4. The highest BCUT2D eigenvalue weighted by molar-refractivity contribution is 7.99. The SMILES string of the molecule is C/C(=N\NC(=O)CSc1nnc(-c2ccc(C(C)(C)C)cc2)n1-c1ccccc1)c1ccc([N+](=O)[O-])cc1. The average molecular weight is 529 g/mol. The molecule has 1 N–H and O–H groups in total. The molecular formula is C28H28N6O3S. The van der Waals surface area contributed by atoms with Crippen LogP contribution < -0.4 is 5.43 Å². The van der Waals surface area contributed by atoms with E-state index in [-0.39, 0.29) is 22.8 Å². The van der Waals surface area contributed by atoms with E-state index in [1.165, 1.54) is 29.5 Å². The van der Waals surface area contributed by atoms with E-state index in [9.17, 15) is 14.9 Å². The summed E-state index contributed by atoms with van der Waals surface area (Å²) in [6.07, 6.45) is 0. The van der Waals surface area contributed by atoms with Gasteiger partial charge in [0.25, 0.3) is 11.6 Å². The number of hydrazone groups is 1. The number of nitro groups is 1. The largest absolute Gasteiger partial charge is 0.272 e. The fraction of sp³-hybridized carbons (Fsp3) is 0.214. The third-order valence-corrected chi connectivity index (χ3v) is 6.76. The molecule has 0 unspecified atom stereocenters. The summed E-state index contributed by atoms with van der Waals surface area (Å²) in [5, 5.41) is 24.4. The molecule has 38 heavy (non-hydrogen) atoms. The third-order valence-electron chi connectivity index (χ3n) is 5.83. The number of hydrogen-bond donors (Lipinski definition) is 1. The molecule has 0 spiro atoms. The molecule has 0 atom stereocenters. The fourth-order valence-corrected chi connectivity index (χ4v) is 4.42. The number of hydrogen-bond acceptors (Lipinski definition) is 7. The molecule has 1 amide bonds. The van der Waals surface area contributed by atoms with Gasteiger partial charge in [0.2, 0.25) is 0 Å². The van der Waals surface area contributed by atoms with Gasteiger partial charge in [-0.1, -0.05) is 75.0 Å². The molecule has 9 nitrogen and oxygen atoms in total. The second-order valence-corrected chi connectivity index (χ2v) is 10.6. The van der Waals surface area contributed by atoms with Gasteiger partial charge in [0.15, 0.2) is 11.0 Å². The molecular weight excluding hydrogens is 500 g/mol. The van der Waals surface area contributed by atoms with Crippen molar-refractivity contribution in [2.45, 2.75) is 38.3 Å². The van der Waals surface area contributed by atoms with Crippen LogP contribution >= 0.6 is 11.8 Å². The lowest BCUT2D eigenvalue weighted by molar-refractivity contribution is -0.384. The van der Waals surface area contributed by atoms with Gasteiger partial charge in [0, 0.05) is 23.4 Å². The minimum atomic E-state index is -0.463. The van der Waals surface area contributed by atoms with Crippen LogP contribution in [-0.2, 0) is 10.2 Å². The Hall–Kier alpha value is -4.31. The minimum Gasteiger partial charge on any atom is -0.272 e. The number of benzene rings is 3. The first-order chi connectivity index (χ1) is 18.1. The van der Waals surface area contributed by atoms with Crippen LogP contribution in [0.3, 0.4) is 0 Å². The Morgan fingerprint density at radius 2 is 1.66 bits per heavy atom. The van der Waals surface area contributed by atoms with Gasteiger partial charge in [-0.25, -0.2) is 5.43 Å². The summed E-state index contributed by atoms with van der Waals surface area (Å²) < 4.78 is 1.94. The lowest BCUT2D eigenvalue weighted by Gasteiger charge is -2.19. The van der Waals surface area contributed by atoms with Crippen molar-refractivity contribution in [1.29, 1.82) is 0 Å². The molecule has 1 heterocycles. The number of aromatic nitrogens is 3. The van der Waals surface area contributed by atoms with Crippen LogP contribution in [0, 0.1) is 10.1 Å². The van der Waals surface area contributed by atoms with Gasteiger partial charge in [0.05, 0.1) is 16.4 Å². The fourth-order valence-electron chi connectivity index (χ4n) is 3.68. The van der Waals surface area contributed by atoms with E-state index in [4.69, 9.17) is 0 Å². The van der Waals surface area contributed by atoms with E-state index >= 15 is 0 Å². The van der Waals surface area contributed by atoms with Crippen LogP contribution in [-0.4, -0.2) is 37.1 Å². The standard InChI is InChI=1S/C28H28N6O3S/c1-19(20-12-16-24(17-13-20)34(36)37)29-30-25(35)18-38-27-32-31-26(33(27)23-8-6-5-7-9-23)21-10-14-22(15-11-21)28(2,3)4/h5-17H,18H2,1-4H3,(H,30,35)/b29-19+. The zero-order valence-electron chi connectivity index (χ0n) is 21.6. The first-order valence-corrected chi connectivity index (χ1v) is 12.9. The first-order valence-electron chi connectivity index (χ1n) is 12.0. The Morgan fingerprint density at radius 1 is 1.00 bits per heavy atom. The van der Waals surface area contributed by atoms with E-state index in [2.05, 4.69) is 53.6 Å². The van der Waals surface area contributed by atoms with Crippen molar-refractivity contribution < 1.29 is 9.72 Å². The van der Waals surface area contributed by atoms with E-state index < -0.39 is 4.92 Å². The maximum atomic E-state index is 12.6. The Balaban J connectivity index is 1.50.